The predicted molar refractivity (Wildman–Crippen MR) is 73.2 cm³/mol. The van der Waals surface area contributed by atoms with Gasteiger partial charge in [-0.2, -0.15) is 4.39 Å². The van der Waals surface area contributed by atoms with Crippen molar-refractivity contribution in [2.24, 2.45) is 5.14 Å². The van der Waals surface area contributed by atoms with Gasteiger partial charge in [-0.05, 0) is 29.8 Å². The lowest BCUT2D eigenvalue weighted by molar-refractivity contribution is 0.0946. The third-order valence-electron chi connectivity index (χ3n) is 2.68. The summed E-state index contributed by atoms with van der Waals surface area (Å²) in [5, 5.41) is 7.50. The Morgan fingerprint density at radius 2 is 2.05 bits per heavy atom. The number of hydrogen-bond donors (Lipinski definition) is 2. The van der Waals surface area contributed by atoms with Crippen molar-refractivity contribution in [3.05, 3.63) is 59.7 Å². The van der Waals surface area contributed by atoms with Crippen molar-refractivity contribution in [1.82, 2.24) is 10.3 Å². The van der Waals surface area contributed by atoms with Crippen LogP contribution >= 0.6 is 0 Å². The largest absolute Gasteiger partial charge is 0.348 e. The Kier molecular flexibility index (Phi) is 4.29. The summed E-state index contributed by atoms with van der Waals surface area (Å²) in [4.78, 5) is 15.1. The first-order valence-electron chi connectivity index (χ1n) is 5.88. The van der Waals surface area contributed by atoms with Gasteiger partial charge in [0.2, 0.25) is 16.0 Å². The lowest BCUT2D eigenvalue weighted by atomic mass is 10.2. The number of pyridine rings is 1. The number of benzene rings is 1. The van der Waals surface area contributed by atoms with E-state index in [2.05, 4.69) is 10.3 Å². The standard InChI is InChI=1S/C13H12FN3O3S/c14-12-11(5-2-6-16-12)13(18)17-8-9-3-1-4-10(7-9)21(15,19)20/h1-7H,8H2,(H,17,18)(H2,15,19,20). The fourth-order valence-electron chi connectivity index (χ4n) is 1.67. The van der Waals surface area contributed by atoms with E-state index in [0.29, 0.717) is 5.56 Å². The van der Waals surface area contributed by atoms with Gasteiger partial charge in [-0.3, -0.25) is 4.79 Å². The molecule has 110 valence electrons. The van der Waals surface area contributed by atoms with E-state index in [4.69, 9.17) is 5.14 Å². The molecule has 0 bridgehead atoms. The van der Waals surface area contributed by atoms with Crippen molar-refractivity contribution < 1.29 is 17.6 Å². The zero-order valence-electron chi connectivity index (χ0n) is 10.8. The average Bonchev–Trinajstić information content (AvgIpc) is 2.45. The van der Waals surface area contributed by atoms with Gasteiger partial charge in [0.25, 0.3) is 5.91 Å². The number of halogens is 1. The van der Waals surface area contributed by atoms with Gasteiger partial charge in [0.15, 0.2) is 0 Å². The SMILES string of the molecule is NS(=O)(=O)c1cccc(CNC(=O)c2cccnc2F)c1. The highest BCUT2D eigenvalue weighted by molar-refractivity contribution is 7.89. The van der Waals surface area contributed by atoms with Gasteiger partial charge < -0.3 is 5.32 Å². The summed E-state index contributed by atoms with van der Waals surface area (Å²) >= 11 is 0. The molecule has 1 aromatic heterocycles. The molecular formula is C13H12FN3O3S. The number of amides is 1. The average molecular weight is 309 g/mol. The number of carbonyl (C=O) groups is 1. The van der Waals surface area contributed by atoms with E-state index in [1.165, 1.54) is 36.5 Å². The number of aromatic nitrogens is 1. The predicted octanol–water partition coefficient (Wildman–Crippen LogP) is 0.798. The molecule has 6 nitrogen and oxygen atoms in total. The second-order valence-corrected chi connectivity index (χ2v) is 5.78. The molecule has 21 heavy (non-hydrogen) atoms. The van der Waals surface area contributed by atoms with Gasteiger partial charge in [-0.1, -0.05) is 12.1 Å². The van der Waals surface area contributed by atoms with Crippen molar-refractivity contribution in [1.29, 1.82) is 0 Å². The van der Waals surface area contributed by atoms with Crippen LogP contribution in [-0.2, 0) is 16.6 Å². The summed E-state index contributed by atoms with van der Waals surface area (Å²) in [5.74, 6) is -1.50. The smallest absolute Gasteiger partial charge is 0.256 e. The number of hydrogen-bond acceptors (Lipinski definition) is 4. The minimum Gasteiger partial charge on any atom is -0.348 e. The van der Waals surface area contributed by atoms with E-state index in [1.54, 1.807) is 6.07 Å². The van der Waals surface area contributed by atoms with Crippen LogP contribution < -0.4 is 10.5 Å². The third kappa shape index (κ3) is 3.83. The van der Waals surface area contributed by atoms with Crippen molar-refractivity contribution in [2.45, 2.75) is 11.4 Å². The van der Waals surface area contributed by atoms with Gasteiger partial charge >= 0.3 is 0 Å². The maximum atomic E-state index is 13.3. The molecule has 1 heterocycles. The van der Waals surface area contributed by atoms with E-state index >= 15 is 0 Å². The maximum Gasteiger partial charge on any atom is 0.256 e. The second kappa shape index (κ2) is 5.98. The van der Waals surface area contributed by atoms with Crippen molar-refractivity contribution in [3.63, 3.8) is 0 Å². The van der Waals surface area contributed by atoms with Gasteiger partial charge in [0.1, 0.15) is 0 Å². The minimum absolute atomic E-state index is 0.0382. The quantitative estimate of drug-likeness (QED) is 0.815. The van der Waals surface area contributed by atoms with E-state index in [0.717, 1.165) is 0 Å². The highest BCUT2D eigenvalue weighted by Crippen LogP contribution is 2.10. The van der Waals surface area contributed by atoms with Crippen LogP contribution in [0.5, 0.6) is 0 Å². The summed E-state index contributed by atoms with van der Waals surface area (Å²) in [6.07, 6.45) is 1.24. The maximum absolute atomic E-state index is 13.3. The number of nitrogens with one attached hydrogen (secondary N) is 1. The van der Waals surface area contributed by atoms with Crippen LogP contribution in [0.4, 0.5) is 4.39 Å². The molecule has 1 amide bonds. The Morgan fingerprint density at radius 1 is 1.29 bits per heavy atom. The van der Waals surface area contributed by atoms with Crippen LogP contribution in [0.15, 0.2) is 47.5 Å². The minimum atomic E-state index is -3.81. The molecule has 0 saturated heterocycles. The summed E-state index contributed by atoms with van der Waals surface area (Å²) in [6, 6.07) is 8.56. The highest BCUT2D eigenvalue weighted by atomic mass is 32.2. The Bertz CT molecular complexity index is 778. The fraction of sp³-hybridized carbons (Fsp3) is 0.0769. The first-order chi connectivity index (χ1) is 9.88. The van der Waals surface area contributed by atoms with Crippen molar-refractivity contribution >= 4 is 15.9 Å². The zero-order chi connectivity index (χ0) is 15.5. The molecule has 0 aliphatic carbocycles. The zero-order valence-corrected chi connectivity index (χ0v) is 11.6. The molecule has 1 aromatic carbocycles. The molecule has 0 spiro atoms. The van der Waals surface area contributed by atoms with Gasteiger partial charge in [0.05, 0.1) is 10.5 Å². The molecular weight excluding hydrogens is 297 g/mol. The monoisotopic (exact) mass is 309 g/mol. The lowest BCUT2D eigenvalue weighted by Crippen LogP contribution is -2.24. The van der Waals surface area contributed by atoms with Crippen LogP contribution in [0.3, 0.4) is 0 Å². The normalized spacial score (nSPS) is 11.1. The van der Waals surface area contributed by atoms with Gasteiger partial charge in [-0.25, -0.2) is 18.5 Å². The first kappa shape index (κ1) is 15.1. The molecule has 0 aliphatic heterocycles. The summed E-state index contributed by atoms with van der Waals surface area (Å²) in [6.45, 7) is 0.0382. The molecule has 3 N–H and O–H groups in total. The van der Waals surface area contributed by atoms with Crippen LogP contribution in [-0.4, -0.2) is 19.3 Å². The summed E-state index contributed by atoms with van der Waals surface area (Å²) < 4.78 is 35.8. The number of sulfonamides is 1. The van der Waals surface area contributed by atoms with E-state index in [9.17, 15) is 17.6 Å². The van der Waals surface area contributed by atoms with Crippen LogP contribution in [0, 0.1) is 5.95 Å². The number of nitrogens with zero attached hydrogens (tertiary/aromatic N) is 1. The van der Waals surface area contributed by atoms with Crippen LogP contribution in [0.2, 0.25) is 0 Å². The molecule has 0 atom stereocenters. The highest BCUT2D eigenvalue weighted by Gasteiger charge is 2.12. The van der Waals surface area contributed by atoms with Crippen molar-refractivity contribution in [2.75, 3.05) is 0 Å². The topological polar surface area (TPSA) is 102 Å². The molecule has 0 fully saturated rings. The van der Waals surface area contributed by atoms with E-state index in [-0.39, 0.29) is 17.0 Å². The molecule has 2 rings (SSSR count). The Labute approximate surface area is 120 Å². The first-order valence-corrected chi connectivity index (χ1v) is 7.43. The summed E-state index contributed by atoms with van der Waals surface area (Å²) in [5.41, 5.74) is 0.347. The van der Waals surface area contributed by atoms with Crippen molar-refractivity contribution in [3.8, 4) is 0 Å². The van der Waals surface area contributed by atoms with E-state index < -0.39 is 21.9 Å². The molecule has 0 unspecified atom stereocenters. The second-order valence-electron chi connectivity index (χ2n) is 4.22. The molecule has 2 aromatic rings. The van der Waals surface area contributed by atoms with Gasteiger partial charge in [0, 0.05) is 12.7 Å². The number of carbonyl (C=O) groups excluding carboxylic acids is 1. The Morgan fingerprint density at radius 3 is 2.71 bits per heavy atom. The Hall–Kier alpha value is -2.32. The molecule has 0 aliphatic rings. The van der Waals surface area contributed by atoms with Crippen LogP contribution in [0.1, 0.15) is 15.9 Å². The number of primary sulfonamides is 1. The molecule has 0 saturated carbocycles. The third-order valence-corrected chi connectivity index (χ3v) is 3.59. The Balaban J connectivity index is 2.11. The van der Waals surface area contributed by atoms with E-state index in [1.807, 2.05) is 0 Å². The van der Waals surface area contributed by atoms with Crippen LogP contribution in [0.25, 0.3) is 0 Å². The number of rotatable bonds is 4. The molecule has 8 heteroatoms. The lowest BCUT2D eigenvalue weighted by Gasteiger charge is -2.07. The summed E-state index contributed by atoms with van der Waals surface area (Å²) in [7, 11) is -3.81. The molecule has 0 radical (unpaired) electrons. The van der Waals surface area contributed by atoms with Gasteiger partial charge in [-0.15, -0.1) is 0 Å². The fourth-order valence-corrected chi connectivity index (χ4v) is 2.25. The number of nitrogens with two attached hydrogens (primary N) is 1.